The number of nitrogens with zero attached hydrogens (tertiary/aromatic N) is 4. The van der Waals surface area contributed by atoms with Crippen LogP contribution >= 0.6 is 0 Å². The predicted octanol–water partition coefficient (Wildman–Crippen LogP) is 10.3. The maximum atomic E-state index is 5.33. The van der Waals surface area contributed by atoms with E-state index >= 15 is 0 Å². The van der Waals surface area contributed by atoms with Crippen molar-refractivity contribution in [2.45, 2.75) is 13.8 Å². The van der Waals surface area contributed by atoms with Crippen LogP contribution in [0.25, 0.3) is 83.1 Å². The molecule has 0 unspecified atom stereocenters. The van der Waals surface area contributed by atoms with Crippen molar-refractivity contribution in [2.24, 2.45) is 0 Å². The second-order valence-corrected chi connectivity index (χ2v) is 11.9. The molecule has 0 spiro atoms. The van der Waals surface area contributed by atoms with E-state index in [1.54, 1.807) is 0 Å². The SMILES string of the molecule is Cc1cccc(C)c1-c1cc(-c2[c-]c(-n3c4ccccc4c4cccnc43)ccc2)nc(-c2cccc3c2[n-]c2ccccc23)c1.[Pt+2]. The topological polar surface area (TPSA) is 44.8 Å². The Morgan fingerprint density at radius 3 is 2.21 bits per heavy atom. The molecular weight excluding hydrogens is 756 g/mol. The fraction of sp³-hybridized carbons (Fsp3) is 0.0476. The molecule has 0 amide bonds. The van der Waals surface area contributed by atoms with Crippen molar-refractivity contribution in [1.29, 1.82) is 0 Å². The van der Waals surface area contributed by atoms with Gasteiger partial charge in [0.25, 0.3) is 0 Å². The Labute approximate surface area is 287 Å². The minimum atomic E-state index is 0. The Morgan fingerprint density at radius 1 is 0.638 bits per heavy atom. The van der Waals surface area contributed by atoms with Crippen molar-refractivity contribution in [3.63, 3.8) is 0 Å². The molecule has 4 aromatic heterocycles. The maximum Gasteiger partial charge on any atom is 2.00 e. The van der Waals surface area contributed by atoms with Crippen molar-refractivity contribution in [3.8, 4) is 39.3 Å². The van der Waals surface area contributed by atoms with Gasteiger partial charge >= 0.3 is 21.1 Å². The molecule has 4 nitrogen and oxygen atoms in total. The zero-order chi connectivity index (χ0) is 30.8. The molecule has 0 radical (unpaired) electrons. The smallest absolute Gasteiger partial charge is 0.656 e. The molecule has 226 valence electrons. The van der Waals surface area contributed by atoms with E-state index in [-0.39, 0.29) is 21.1 Å². The van der Waals surface area contributed by atoms with Crippen molar-refractivity contribution in [2.75, 3.05) is 0 Å². The van der Waals surface area contributed by atoms with Crippen LogP contribution in [0.1, 0.15) is 11.1 Å². The number of aromatic nitrogens is 4. The molecule has 0 aliphatic rings. The van der Waals surface area contributed by atoms with Gasteiger partial charge in [0.05, 0.1) is 11.2 Å². The van der Waals surface area contributed by atoms with Crippen LogP contribution in [0, 0.1) is 19.9 Å². The molecule has 0 atom stereocenters. The van der Waals surface area contributed by atoms with Gasteiger partial charge < -0.3 is 9.55 Å². The number of aryl methyl sites for hydroxylation is 2. The molecule has 0 saturated carbocycles. The second-order valence-electron chi connectivity index (χ2n) is 11.9. The third-order valence-corrected chi connectivity index (χ3v) is 9.06. The number of para-hydroxylation sites is 3. The van der Waals surface area contributed by atoms with Crippen LogP contribution in [0.5, 0.6) is 0 Å². The van der Waals surface area contributed by atoms with Crippen molar-refractivity contribution in [1.82, 2.24) is 19.5 Å². The van der Waals surface area contributed by atoms with E-state index < -0.39 is 0 Å². The van der Waals surface area contributed by atoms with Gasteiger partial charge in [0, 0.05) is 17.0 Å². The molecule has 0 N–H and O–H groups in total. The third kappa shape index (κ3) is 4.71. The number of pyridine rings is 2. The van der Waals surface area contributed by atoms with Gasteiger partial charge in [-0.25, -0.2) is 4.98 Å². The number of hydrogen-bond acceptors (Lipinski definition) is 2. The van der Waals surface area contributed by atoms with Crippen molar-refractivity contribution >= 4 is 43.7 Å². The summed E-state index contributed by atoms with van der Waals surface area (Å²) in [6.07, 6.45) is 1.85. The predicted molar refractivity (Wildman–Crippen MR) is 189 cm³/mol. The van der Waals surface area contributed by atoms with Gasteiger partial charge in [-0.3, -0.25) is 4.98 Å². The van der Waals surface area contributed by atoms with E-state index in [4.69, 9.17) is 15.0 Å². The van der Waals surface area contributed by atoms with E-state index in [1.165, 1.54) is 22.1 Å². The van der Waals surface area contributed by atoms with Gasteiger partial charge in [0.1, 0.15) is 5.65 Å². The van der Waals surface area contributed by atoms with Crippen molar-refractivity contribution in [3.05, 3.63) is 151 Å². The van der Waals surface area contributed by atoms with Crippen LogP contribution in [-0.4, -0.2) is 14.5 Å². The summed E-state index contributed by atoms with van der Waals surface area (Å²) in [6, 6.07) is 48.2. The summed E-state index contributed by atoms with van der Waals surface area (Å²) in [5, 5.41) is 4.59. The molecule has 47 heavy (non-hydrogen) atoms. The first-order valence-electron chi connectivity index (χ1n) is 15.5. The van der Waals surface area contributed by atoms with Crippen LogP contribution < -0.4 is 4.98 Å². The monoisotopic (exact) mass is 783 g/mol. The van der Waals surface area contributed by atoms with Gasteiger partial charge in [-0.15, -0.1) is 40.9 Å². The van der Waals surface area contributed by atoms with Crippen LogP contribution in [-0.2, 0) is 21.1 Å². The molecule has 0 fully saturated rings. The van der Waals surface area contributed by atoms with Gasteiger partial charge in [-0.05, 0) is 88.1 Å². The molecule has 0 aliphatic heterocycles. The molecule has 9 rings (SSSR count). The Morgan fingerprint density at radius 2 is 1.34 bits per heavy atom. The summed E-state index contributed by atoms with van der Waals surface area (Å²) in [4.78, 5) is 15.2. The maximum absolute atomic E-state index is 5.33. The minimum Gasteiger partial charge on any atom is -0.656 e. The summed E-state index contributed by atoms with van der Waals surface area (Å²) < 4.78 is 2.20. The summed E-state index contributed by atoms with van der Waals surface area (Å²) in [5.74, 6) is 0. The second kappa shape index (κ2) is 11.5. The first-order chi connectivity index (χ1) is 22.6. The Bertz CT molecular complexity index is 2550. The molecule has 0 saturated heterocycles. The molecule has 0 aliphatic carbocycles. The van der Waals surface area contributed by atoms with Gasteiger partial charge in [0.2, 0.25) is 0 Å². The van der Waals surface area contributed by atoms with Crippen LogP contribution in [0.3, 0.4) is 0 Å². The largest absolute Gasteiger partial charge is 2.00 e. The number of benzene rings is 5. The summed E-state index contributed by atoms with van der Waals surface area (Å²) in [5.41, 5.74) is 13.4. The van der Waals surface area contributed by atoms with E-state index in [0.29, 0.717) is 0 Å². The first kappa shape index (κ1) is 29.1. The van der Waals surface area contributed by atoms with Crippen LogP contribution in [0.2, 0.25) is 0 Å². The normalized spacial score (nSPS) is 11.4. The zero-order valence-corrected chi connectivity index (χ0v) is 28.1. The fourth-order valence-corrected chi connectivity index (χ4v) is 7.00. The minimum absolute atomic E-state index is 0. The average Bonchev–Trinajstić information content (AvgIpc) is 3.64. The van der Waals surface area contributed by atoms with E-state index in [2.05, 4.69) is 140 Å². The standard InChI is InChI=1S/C42H28N4.Pt/c1-26-11-7-12-27(2)40(26)29-24-37(44-38(25-29)35-18-9-17-33-31-15-3-5-20-36(31)45-41(33)35)28-13-8-14-30(23-28)46-39-21-6-4-16-32(39)34-19-10-22-43-42(34)46;/h3-22,24-25H,1-2H3;/q-2;+2. The number of hydrogen-bond donors (Lipinski definition) is 0. The fourth-order valence-electron chi connectivity index (χ4n) is 7.00. The van der Waals surface area contributed by atoms with Crippen LogP contribution in [0.15, 0.2) is 134 Å². The summed E-state index contributed by atoms with van der Waals surface area (Å²) in [7, 11) is 0. The van der Waals surface area contributed by atoms with E-state index in [9.17, 15) is 0 Å². The Kier molecular flexibility index (Phi) is 7.12. The first-order valence-corrected chi connectivity index (χ1v) is 15.5. The van der Waals surface area contributed by atoms with Gasteiger partial charge in [-0.1, -0.05) is 84.9 Å². The van der Waals surface area contributed by atoms with E-state index in [1.807, 2.05) is 18.3 Å². The van der Waals surface area contributed by atoms with E-state index in [0.717, 1.165) is 72.1 Å². The van der Waals surface area contributed by atoms with Crippen LogP contribution in [0.4, 0.5) is 0 Å². The molecule has 5 heteroatoms. The third-order valence-electron chi connectivity index (χ3n) is 9.06. The molecule has 5 aromatic carbocycles. The average molecular weight is 784 g/mol. The van der Waals surface area contributed by atoms with Gasteiger partial charge in [-0.2, -0.15) is 0 Å². The van der Waals surface area contributed by atoms with Gasteiger partial charge in [0.15, 0.2) is 0 Å². The molecule has 9 aromatic rings. The molecule has 0 bridgehead atoms. The number of rotatable bonds is 4. The zero-order valence-electron chi connectivity index (χ0n) is 25.8. The van der Waals surface area contributed by atoms with Crippen molar-refractivity contribution < 1.29 is 21.1 Å². The summed E-state index contributed by atoms with van der Waals surface area (Å²) >= 11 is 0. The Hall–Kier alpha value is -5.31. The quantitative estimate of drug-likeness (QED) is 0.167. The molecular formula is C42H28N4Pt. The Balaban J connectivity index is 0.00000324. The summed E-state index contributed by atoms with van der Waals surface area (Å²) in [6.45, 7) is 4.35. The molecule has 4 heterocycles. The number of fused-ring (bicyclic) bond motifs is 6.